The molecule has 0 aromatic heterocycles. The molecule has 0 heterocycles. The third-order valence-electron chi connectivity index (χ3n) is 5.49. The number of carbonyl (C=O) groups is 2. The van der Waals surface area contributed by atoms with Crippen LogP contribution in [-0.4, -0.2) is 17.7 Å². The Hall–Kier alpha value is -3.93. The zero-order chi connectivity index (χ0) is 22.5. The predicted octanol–water partition coefficient (Wildman–Crippen LogP) is 7.08. The van der Waals surface area contributed by atoms with Crippen molar-refractivity contribution >= 4 is 43.9 Å². The zero-order valence-electron chi connectivity index (χ0n) is 16.6. The SMILES string of the molecule is O=C(CC(=O)C(F)(F)F)c1ccc(Oc2cc3ccc4cccc5ccc(c2)c3c45)cc1. The first kappa shape index (κ1) is 20.0. The van der Waals surface area contributed by atoms with E-state index in [1.807, 2.05) is 30.3 Å². The number of alkyl halides is 3. The molecule has 0 bridgehead atoms. The fraction of sp³-hybridized carbons (Fsp3) is 0.0769. The molecule has 0 radical (unpaired) electrons. The molecule has 0 amide bonds. The topological polar surface area (TPSA) is 43.4 Å². The van der Waals surface area contributed by atoms with Gasteiger partial charge in [-0.25, -0.2) is 0 Å². The van der Waals surface area contributed by atoms with Crippen LogP contribution in [0, 0.1) is 0 Å². The fourth-order valence-corrected chi connectivity index (χ4v) is 3.98. The van der Waals surface area contributed by atoms with E-state index in [0.717, 1.165) is 16.2 Å². The van der Waals surface area contributed by atoms with Crippen LogP contribution >= 0.6 is 0 Å². The Bertz CT molecular complexity index is 1420. The van der Waals surface area contributed by atoms with E-state index in [4.69, 9.17) is 4.74 Å². The van der Waals surface area contributed by atoms with E-state index in [1.54, 1.807) is 0 Å². The van der Waals surface area contributed by atoms with E-state index < -0.39 is 24.2 Å². The van der Waals surface area contributed by atoms with Crippen LogP contribution in [0.4, 0.5) is 13.2 Å². The third-order valence-corrected chi connectivity index (χ3v) is 5.49. The first-order valence-corrected chi connectivity index (χ1v) is 9.88. The van der Waals surface area contributed by atoms with Gasteiger partial charge in [0.2, 0.25) is 5.78 Å². The summed E-state index contributed by atoms with van der Waals surface area (Å²) in [5.41, 5.74) is 0.0190. The Balaban J connectivity index is 1.42. The molecule has 32 heavy (non-hydrogen) atoms. The van der Waals surface area contributed by atoms with Gasteiger partial charge in [0.05, 0.1) is 6.42 Å². The van der Waals surface area contributed by atoms with Crippen molar-refractivity contribution in [1.29, 1.82) is 0 Å². The zero-order valence-corrected chi connectivity index (χ0v) is 16.6. The second-order valence-corrected chi connectivity index (χ2v) is 7.60. The van der Waals surface area contributed by atoms with Crippen molar-refractivity contribution in [2.45, 2.75) is 12.6 Å². The number of hydrogen-bond donors (Lipinski definition) is 0. The molecular formula is C26H15F3O3. The molecule has 0 N–H and O–H groups in total. The molecule has 0 spiro atoms. The molecule has 5 aromatic carbocycles. The van der Waals surface area contributed by atoms with Gasteiger partial charge in [0, 0.05) is 5.56 Å². The summed E-state index contributed by atoms with van der Waals surface area (Å²) < 4.78 is 43.0. The fourth-order valence-electron chi connectivity index (χ4n) is 3.98. The van der Waals surface area contributed by atoms with E-state index in [1.165, 1.54) is 40.4 Å². The quantitative estimate of drug-likeness (QED) is 0.169. The van der Waals surface area contributed by atoms with E-state index in [9.17, 15) is 22.8 Å². The summed E-state index contributed by atoms with van der Waals surface area (Å²) in [6.45, 7) is 0. The summed E-state index contributed by atoms with van der Waals surface area (Å²) in [6.07, 6.45) is -6.23. The smallest absolute Gasteiger partial charge is 0.450 e. The lowest BCUT2D eigenvalue weighted by atomic mass is 9.94. The Kier molecular flexibility index (Phi) is 4.59. The van der Waals surface area contributed by atoms with Gasteiger partial charge in [-0.05, 0) is 68.7 Å². The van der Waals surface area contributed by atoms with Crippen molar-refractivity contribution in [2.75, 3.05) is 0 Å². The number of ketones is 2. The molecule has 5 aromatic rings. The largest absolute Gasteiger partial charge is 0.457 e. The van der Waals surface area contributed by atoms with Crippen molar-refractivity contribution in [2.24, 2.45) is 0 Å². The molecule has 0 aliphatic heterocycles. The van der Waals surface area contributed by atoms with Crippen LogP contribution in [0.25, 0.3) is 32.3 Å². The Morgan fingerprint density at radius 1 is 0.688 bits per heavy atom. The van der Waals surface area contributed by atoms with Gasteiger partial charge in [0.25, 0.3) is 0 Å². The average Bonchev–Trinajstić information content (AvgIpc) is 2.77. The van der Waals surface area contributed by atoms with Crippen LogP contribution in [0.15, 0.2) is 78.9 Å². The van der Waals surface area contributed by atoms with Crippen LogP contribution in [0.5, 0.6) is 11.5 Å². The highest BCUT2D eigenvalue weighted by Gasteiger charge is 2.39. The molecule has 158 valence electrons. The summed E-state index contributed by atoms with van der Waals surface area (Å²) in [5.74, 6) is -1.92. The van der Waals surface area contributed by atoms with Gasteiger partial charge in [-0.15, -0.1) is 0 Å². The minimum atomic E-state index is -5.02. The molecule has 0 saturated carbocycles. The molecule has 0 aliphatic carbocycles. The molecule has 0 unspecified atom stereocenters. The number of carbonyl (C=O) groups excluding carboxylic acids is 2. The summed E-state index contributed by atoms with van der Waals surface area (Å²) in [4.78, 5) is 23.0. The third kappa shape index (κ3) is 3.54. The molecule has 5 rings (SSSR count). The van der Waals surface area contributed by atoms with Crippen LogP contribution in [0.1, 0.15) is 16.8 Å². The maximum absolute atomic E-state index is 12.4. The van der Waals surface area contributed by atoms with Gasteiger partial charge in [-0.1, -0.05) is 42.5 Å². The molecule has 0 fully saturated rings. The van der Waals surface area contributed by atoms with Crippen LogP contribution in [-0.2, 0) is 4.79 Å². The second-order valence-electron chi connectivity index (χ2n) is 7.60. The highest BCUT2D eigenvalue weighted by Crippen LogP contribution is 2.37. The molecule has 3 nitrogen and oxygen atoms in total. The van der Waals surface area contributed by atoms with E-state index in [-0.39, 0.29) is 5.56 Å². The first-order chi connectivity index (χ1) is 15.3. The van der Waals surface area contributed by atoms with Crippen LogP contribution in [0.2, 0.25) is 0 Å². The number of benzene rings is 5. The Labute approximate surface area is 180 Å². The molecule has 0 atom stereocenters. The Morgan fingerprint density at radius 3 is 1.78 bits per heavy atom. The van der Waals surface area contributed by atoms with Gasteiger partial charge in [-0.3, -0.25) is 9.59 Å². The van der Waals surface area contributed by atoms with Gasteiger partial charge in [0.1, 0.15) is 11.5 Å². The maximum atomic E-state index is 12.4. The maximum Gasteiger partial charge on any atom is 0.450 e. The van der Waals surface area contributed by atoms with Crippen molar-refractivity contribution in [3.63, 3.8) is 0 Å². The number of ether oxygens (including phenoxy) is 1. The summed E-state index contributed by atoms with van der Waals surface area (Å²) >= 11 is 0. The van der Waals surface area contributed by atoms with Crippen LogP contribution < -0.4 is 4.74 Å². The van der Waals surface area contributed by atoms with Gasteiger partial charge >= 0.3 is 6.18 Å². The monoisotopic (exact) mass is 432 g/mol. The second kappa shape index (κ2) is 7.34. The summed E-state index contributed by atoms with van der Waals surface area (Å²) in [5, 5.41) is 6.74. The van der Waals surface area contributed by atoms with Gasteiger partial charge in [0.15, 0.2) is 5.78 Å². The number of Topliss-reactive ketones (excluding diaryl/α,β-unsaturated/α-hetero) is 2. The summed E-state index contributed by atoms with van der Waals surface area (Å²) in [6, 6.07) is 23.9. The van der Waals surface area contributed by atoms with Crippen molar-refractivity contribution in [3.05, 3.63) is 84.4 Å². The highest BCUT2D eigenvalue weighted by molar-refractivity contribution is 6.23. The van der Waals surface area contributed by atoms with Crippen molar-refractivity contribution in [1.82, 2.24) is 0 Å². The van der Waals surface area contributed by atoms with Crippen molar-refractivity contribution < 1.29 is 27.5 Å². The normalized spacial score (nSPS) is 12.0. The van der Waals surface area contributed by atoms with E-state index in [0.29, 0.717) is 11.5 Å². The Morgan fingerprint density at radius 2 is 1.22 bits per heavy atom. The van der Waals surface area contributed by atoms with Gasteiger partial charge < -0.3 is 4.74 Å². The lowest BCUT2D eigenvalue weighted by Crippen LogP contribution is -2.25. The minimum absolute atomic E-state index is 0.0190. The highest BCUT2D eigenvalue weighted by atomic mass is 19.4. The average molecular weight is 432 g/mol. The molecular weight excluding hydrogens is 417 g/mol. The first-order valence-electron chi connectivity index (χ1n) is 9.88. The summed E-state index contributed by atoms with van der Waals surface area (Å²) in [7, 11) is 0. The molecule has 0 aliphatic rings. The number of halogens is 3. The van der Waals surface area contributed by atoms with Crippen LogP contribution in [0.3, 0.4) is 0 Å². The molecule has 6 heteroatoms. The lowest BCUT2D eigenvalue weighted by molar-refractivity contribution is -0.170. The molecule has 0 saturated heterocycles. The lowest BCUT2D eigenvalue weighted by Gasteiger charge is -2.13. The van der Waals surface area contributed by atoms with Crippen molar-refractivity contribution in [3.8, 4) is 11.5 Å². The number of rotatable bonds is 5. The van der Waals surface area contributed by atoms with Gasteiger partial charge in [-0.2, -0.15) is 13.2 Å². The van der Waals surface area contributed by atoms with E-state index >= 15 is 0 Å². The number of hydrogen-bond acceptors (Lipinski definition) is 3. The van der Waals surface area contributed by atoms with E-state index in [2.05, 4.69) is 24.3 Å². The standard InChI is InChI=1S/C26H15F3O3/c27-26(28,29)23(31)14-22(30)15-8-10-20(11-9-15)32-21-12-18-6-4-16-2-1-3-17-5-7-19(13-21)25(18)24(16)17/h1-13H,14H2. The predicted molar refractivity (Wildman–Crippen MR) is 117 cm³/mol. The minimum Gasteiger partial charge on any atom is -0.457 e.